The van der Waals surface area contributed by atoms with Gasteiger partial charge in [0, 0.05) is 26.2 Å². The van der Waals surface area contributed by atoms with Crippen molar-refractivity contribution in [3.63, 3.8) is 0 Å². The van der Waals surface area contributed by atoms with Crippen molar-refractivity contribution in [2.45, 2.75) is 47.1 Å². The van der Waals surface area contributed by atoms with Crippen molar-refractivity contribution in [1.29, 1.82) is 0 Å². The van der Waals surface area contributed by atoms with E-state index in [1.54, 1.807) is 0 Å². The first-order valence-corrected chi connectivity index (χ1v) is 7.63. The fourth-order valence-electron chi connectivity index (χ4n) is 2.26. The van der Waals surface area contributed by atoms with E-state index in [2.05, 4.69) is 64.8 Å². The van der Waals surface area contributed by atoms with Crippen LogP contribution in [0.25, 0.3) is 0 Å². The highest BCUT2D eigenvalue weighted by Gasteiger charge is 2.18. The first-order chi connectivity index (χ1) is 9.92. The summed E-state index contributed by atoms with van der Waals surface area (Å²) in [6.45, 7) is 12.4. The molecule has 0 fully saturated rings. The summed E-state index contributed by atoms with van der Waals surface area (Å²) in [5, 5.41) is 0. The monoisotopic (exact) mass is 295 g/mol. The number of rotatable bonds is 8. The SMILES string of the molecule is CCN(CC)c1nc(NN)nc(N(C)C(C)CC(C)C)n1. The summed E-state index contributed by atoms with van der Waals surface area (Å²) in [6, 6.07) is 0.350. The predicted molar refractivity (Wildman–Crippen MR) is 88.5 cm³/mol. The van der Waals surface area contributed by atoms with E-state index >= 15 is 0 Å². The van der Waals surface area contributed by atoms with Gasteiger partial charge in [0.15, 0.2) is 0 Å². The number of nitrogens with two attached hydrogens (primary N) is 1. The van der Waals surface area contributed by atoms with Gasteiger partial charge in [-0.15, -0.1) is 0 Å². The third-order valence-corrected chi connectivity index (χ3v) is 3.58. The summed E-state index contributed by atoms with van der Waals surface area (Å²) in [5.74, 6) is 7.81. The van der Waals surface area contributed by atoms with Gasteiger partial charge in [0.05, 0.1) is 0 Å². The maximum absolute atomic E-state index is 5.49. The molecule has 7 nitrogen and oxygen atoms in total. The molecule has 21 heavy (non-hydrogen) atoms. The molecule has 0 spiro atoms. The molecule has 0 saturated carbocycles. The largest absolute Gasteiger partial charge is 0.341 e. The molecule has 1 atom stereocenters. The van der Waals surface area contributed by atoms with Crippen molar-refractivity contribution in [2.24, 2.45) is 11.8 Å². The van der Waals surface area contributed by atoms with Gasteiger partial charge in [-0.3, -0.25) is 5.43 Å². The van der Waals surface area contributed by atoms with Crippen LogP contribution in [0.1, 0.15) is 41.0 Å². The van der Waals surface area contributed by atoms with E-state index in [9.17, 15) is 0 Å². The fraction of sp³-hybridized carbons (Fsp3) is 0.786. The van der Waals surface area contributed by atoms with Crippen LogP contribution in [0.2, 0.25) is 0 Å². The van der Waals surface area contributed by atoms with E-state index in [1.807, 2.05) is 7.05 Å². The molecule has 1 heterocycles. The van der Waals surface area contributed by atoms with E-state index < -0.39 is 0 Å². The van der Waals surface area contributed by atoms with Gasteiger partial charge in [0.25, 0.3) is 0 Å². The highest BCUT2D eigenvalue weighted by atomic mass is 15.4. The topological polar surface area (TPSA) is 83.2 Å². The van der Waals surface area contributed by atoms with Crippen LogP contribution in [0.3, 0.4) is 0 Å². The van der Waals surface area contributed by atoms with Crippen molar-refractivity contribution < 1.29 is 0 Å². The molecule has 1 aromatic heterocycles. The van der Waals surface area contributed by atoms with Gasteiger partial charge in [-0.05, 0) is 33.1 Å². The van der Waals surface area contributed by atoms with Gasteiger partial charge in [0.2, 0.25) is 17.8 Å². The van der Waals surface area contributed by atoms with Crippen molar-refractivity contribution in [2.75, 3.05) is 35.4 Å². The second kappa shape index (κ2) is 7.97. The molecule has 120 valence electrons. The lowest BCUT2D eigenvalue weighted by Crippen LogP contribution is -2.33. The molecular formula is C14H29N7. The maximum atomic E-state index is 5.49. The number of nitrogens with zero attached hydrogens (tertiary/aromatic N) is 5. The minimum atomic E-state index is 0.350. The standard InChI is InChI=1S/C14H29N7/c1-7-21(8-2)14-17-12(19-15)16-13(18-14)20(6)11(5)9-10(3)4/h10-11H,7-9,15H2,1-6H3,(H,16,17,18,19). The predicted octanol–water partition coefficient (Wildman–Crippen LogP) is 1.87. The number of hydrogen-bond donors (Lipinski definition) is 2. The number of hydrazine groups is 1. The molecule has 0 amide bonds. The molecule has 0 aliphatic heterocycles. The van der Waals surface area contributed by atoms with Gasteiger partial charge in [-0.25, -0.2) is 5.84 Å². The molecule has 0 aliphatic carbocycles. The van der Waals surface area contributed by atoms with Crippen molar-refractivity contribution >= 4 is 17.8 Å². The van der Waals surface area contributed by atoms with Gasteiger partial charge >= 0.3 is 0 Å². The molecule has 7 heteroatoms. The Bertz CT molecular complexity index is 431. The average Bonchev–Trinajstić information content (AvgIpc) is 2.46. The number of anilines is 3. The quantitative estimate of drug-likeness (QED) is 0.559. The zero-order chi connectivity index (χ0) is 16.0. The molecule has 3 N–H and O–H groups in total. The van der Waals surface area contributed by atoms with Gasteiger partial charge in [-0.2, -0.15) is 15.0 Å². The molecule has 0 aliphatic rings. The van der Waals surface area contributed by atoms with Crippen LogP contribution in [-0.2, 0) is 0 Å². The lowest BCUT2D eigenvalue weighted by atomic mass is 10.0. The number of nitrogens with one attached hydrogen (secondary N) is 1. The molecule has 0 aromatic carbocycles. The smallest absolute Gasteiger partial charge is 0.243 e. The zero-order valence-electron chi connectivity index (χ0n) is 14.1. The van der Waals surface area contributed by atoms with E-state index in [1.165, 1.54) is 0 Å². The summed E-state index contributed by atoms with van der Waals surface area (Å²) in [6.07, 6.45) is 1.08. The van der Waals surface area contributed by atoms with E-state index in [0.717, 1.165) is 19.5 Å². The average molecular weight is 295 g/mol. The van der Waals surface area contributed by atoms with Crippen LogP contribution in [-0.4, -0.2) is 41.1 Å². The fourth-order valence-corrected chi connectivity index (χ4v) is 2.26. The first-order valence-electron chi connectivity index (χ1n) is 7.63. The Morgan fingerprint density at radius 3 is 2.10 bits per heavy atom. The van der Waals surface area contributed by atoms with Crippen LogP contribution < -0.4 is 21.1 Å². The molecule has 1 unspecified atom stereocenters. The molecule has 1 aromatic rings. The third-order valence-electron chi connectivity index (χ3n) is 3.58. The van der Waals surface area contributed by atoms with Crippen LogP contribution in [0.4, 0.5) is 17.8 Å². The van der Waals surface area contributed by atoms with Crippen LogP contribution in [0.5, 0.6) is 0 Å². The second-order valence-electron chi connectivity index (χ2n) is 5.67. The molecule has 0 saturated heterocycles. The first kappa shape index (κ1) is 17.4. The van der Waals surface area contributed by atoms with Crippen LogP contribution in [0, 0.1) is 5.92 Å². The summed E-state index contributed by atoms with van der Waals surface area (Å²) in [7, 11) is 2.01. The molecule has 0 bridgehead atoms. The van der Waals surface area contributed by atoms with Gasteiger partial charge in [-0.1, -0.05) is 13.8 Å². The molecule has 0 radical (unpaired) electrons. The summed E-state index contributed by atoms with van der Waals surface area (Å²) in [5.41, 5.74) is 2.53. The molecular weight excluding hydrogens is 266 g/mol. The Kier molecular flexibility index (Phi) is 6.61. The van der Waals surface area contributed by atoms with Crippen molar-refractivity contribution in [3.8, 4) is 0 Å². The Labute approximate surface area is 127 Å². The Balaban J connectivity index is 3.08. The van der Waals surface area contributed by atoms with Gasteiger partial charge < -0.3 is 9.80 Å². The number of nitrogen functional groups attached to an aromatic ring is 1. The molecule has 1 rings (SSSR count). The van der Waals surface area contributed by atoms with Crippen LogP contribution >= 0.6 is 0 Å². The maximum Gasteiger partial charge on any atom is 0.243 e. The highest BCUT2D eigenvalue weighted by Crippen LogP contribution is 2.19. The number of aromatic nitrogens is 3. The van der Waals surface area contributed by atoms with Gasteiger partial charge in [0.1, 0.15) is 0 Å². The van der Waals surface area contributed by atoms with E-state index in [-0.39, 0.29) is 0 Å². The van der Waals surface area contributed by atoms with Crippen molar-refractivity contribution in [3.05, 3.63) is 0 Å². The highest BCUT2D eigenvalue weighted by molar-refractivity contribution is 5.44. The minimum Gasteiger partial charge on any atom is -0.341 e. The van der Waals surface area contributed by atoms with E-state index in [0.29, 0.717) is 29.8 Å². The summed E-state index contributed by atoms with van der Waals surface area (Å²) >= 11 is 0. The Morgan fingerprint density at radius 2 is 1.62 bits per heavy atom. The lowest BCUT2D eigenvalue weighted by Gasteiger charge is -2.27. The van der Waals surface area contributed by atoms with E-state index in [4.69, 9.17) is 5.84 Å². The zero-order valence-corrected chi connectivity index (χ0v) is 14.1. The normalized spacial score (nSPS) is 12.4. The Morgan fingerprint density at radius 1 is 1.05 bits per heavy atom. The Hall–Kier alpha value is -1.63. The minimum absolute atomic E-state index is 0.350. The number of hydrogen-bond acceptors (Lipinski definition) is 7. The lowest BCUT2D eigenvalue weighted by molar-refractivity contribution is 0.499. The summed E-state index contributed by atoms with van der Waals surface area (Å²) < 4.78 is 0. The summed E-state index contributed by atoms with van der Waals surface area (Å²) in [4.78, 5) is 17.5. The second-order valence-corrected chi connectivity index (χ2v) is 5.67. The van der Waals surface area contributed by atoms with Crippen molar-refractivity contribution in [1.82, 2.24) is 15.0 Å². The third kappa shape index (κ3) is 4.70. The van der Waals surface area contributed by atoms with Crippen LogP contribution in [0.15, 0.2) is 0 Å².